The first-order chi connectivity index (χ1) is 9.92. The maximum absolute atomic E-state index is 9.38. The topological polar surface area (TPSA) is 80.5 Å². The molecule has 0 saturated heterocycles. The van der Waals surface area contributed by atoms with Crippen LogP contribution in [0.5, 0.6) is 0 Å². The predicted molar refractivity (Wildman–Crippen MR) is 83.6 cm³/mol. The Morgan fingerprint density at radius 1 is 1.38 bits per heavy atom. The number of nitrogen functional groups attached to an aromatic ring is 1. The molecular formula is C16H21N5. The lowest BCUT2D eigenvalue weighted by Gasteiger charge is -2.23. The van der Waals surface area contributed by atoms with E-state index in [2.05, 4.69) is 36.9 Å². The monoisotopic (exact) mass is 283 g/mol. The summed E-state index contributed by atoms with van der Waals surface area (Å²) in [7, 11) is 0. The predicted octanol–water partition coefficient (Wildman–Crippen LogP) is 3.11. The zero-order valence-corrected chi connectivity index (χ0v) is 13.0. The Morgan fingerprint density at radius 3 is 2.62 bits per heavy atom. The fraction of sp³-hybridized carbons (Fsp3) is 0.438. The molecule has 2 rings (SSSR count). The van der Waals surface area contributed by atoms with Gasteiger partial charge in [0.05, 0.1) is 6.20 Å². The van der Waals surface area contributed by atoms with Crippen LogP contribution >= 0.6 is 0 Å². The highest BCUT2D eigenvalue weighted by molar-refractivity contribution is 5.75. The summed E-state index contributed by atoms with van der Waals surface area (Å²) in [4.78, 5) is 4.43. The van der Waals surface area contributed by atoms with E-state index in [9.17, 15) is 5.26 Å². The fourth-order valence-electron chi connectivity index (χ4n) is 2.11. The fourth-order valence-corrected chi connectivity index (χ4v) is 2.11. The zero-order chi connectivity index (χ0) is 15.6. The van der Waals surface area contributed by atoms with Gasteiger partial charge in [0.1, 0.15) is 17.5 Å². The van der Waals surface area contributed by atoms with Crippen LogP contribution in [0.25, 0.3) is 11.1 Å². The van der Waals surface area contributed by atoms with Gasteiger partial charge in [-0.15, -0.1) is 0 Å². The molecule has 2 aromatic heterocycles. The second-order valence-electron chi connectivity index (χ2n) is 5.75. The van der Waals surface area contributed by atoms with E-state index in [1.807, 2.05) is 23.9 Å². The van der Waals surface area contributed by atoms with Crippen molar-refractivity contribution in [2.24, 2.45) is 0 Å². The third kappa shape index (κ3) is 2.75. The summed E-state index contributed by atoms with van der Waals surface area (Å²) in [6.45, 7) is 9.18. The van der Waals surface area contributed by atoms with Crippen molar-refractivity contribution in [3.63, 3.8) is 0 Å². The van der Waals surface area contributed by atoms with E-state index in [0.29, 0.717) is 5.56 Å². The number of pyridine rings is 1. The van der Waals surface area contributed by atoms with Crippen molar-refractivity contribution < 1.29 is 0 Å². The minimum absolute atomic E-state index is 0.0857. The summed E-state index contributed by atoms with van der Waals surface area (Å²) >= 11 is 0. The Bertz CT molecular complexity index is 691. The molecule has 2 heterocycles. The molecule has 0 aromatic carbocycles. The lowest BCUT2D eigenvalue weighted by atomic mass is 9.84. The molecule has 0 aliphatic heterocycles. The molecule has 0 amide bonds. The maximum atomic E-state index is 9.38. The van der Waals surface area contributed by atoms with Crippen molar-refractivity contribution in [3.05, 3.63) is 29.7 Å². The molecule has 110 valence electrons. The molecule has 5 heteroatoms. The minimum Gasteiger partial charge on any atom is -0.383 e. The number of anilines is 1. The van der Waals surface area contributed by atoms with Crippen LogP contribution in [0.4, 0.5) is 5.82 Å². The van der Waals surface area contributed by atoms with Crippen LogP contribution in [0.15, 0.2) is 18.5 Å². The average molecular weight is 283 g/mol. The van der Waals surface area contributed by atoms with Crippen molar-refractivity contribution in [2.45, 2.75) is 46.1 Å². The molecule has 2 N–H and O–H groups in total. The van der Waals surface area contributed by atoms with E-state index >= 15 is 0 Å². The largest absolute Gasteiger partial charge is 0.383 e. The Kier molecular flexibility index (Phi) is 3.99. The number of aromatic nitrogens is 3. The Balaban J connectivity index is 2.66. The first kappa shape index (κ1) is 15.0. The Hall–Kier alpha value is -2.35. The van der Waals surface area contributed by atoms with Crippen molar-refractivity contribution in [3.8, 4) is 17.2 Å². The van der Waals surface area contributed by atoms with E-state index in [0.717, 1.165) is 29.8 Å². The van der Waals surface area contributed by atoms with Crippen molar-refractivity contribution in [1.82, 2.24) is 14.8 Å². The SMILES string of the molecule is CCn1cc(-c2cc(C(C)(C)CC)nc(N)c2C#N)cn1. The molecule has 5 nitrogen and oxygen atoms in total. The van der Waals surface area contributed by atoms with Crippen molar-refractivity contribution in [1.29, 1.82) is 5.26 Å². The molecule has 0 radical (unpaired) electrons. The molecule has 0 spiro atoms. The van der Waals surface area contributed by atoms with Crippen molar-refractivity contribution >= 4 is 5.82 Å². The number of nitriles is 1. The van der Waals surface area contributed by atoms with Gasteiger partial charge in [-0.1, -0.05) is 20.8 Å². The van der Waals surface area contributed by atoms with Crippen LogP contribution < -0.4 is 5.73 Å². The second-order valence-corrected chi connectivity index (χ2v) is 5.75. The molecule has 0 unspecified atom stereocenters. The van der Waals surface area contributed by atoms with Gasteiger partial charge in [0, 0.05) is 35.0 Å². The summed E-state index contributed by atoms with van der Waals surface area (Å²) < 4.78 is 1.83. The molecule has 2 aromatic rings. The second kappa shape index (κ2) is 5.57. The normalized spacial score (nSPS) is 11.4. The van der Waals surface area contributed by atoms with Gasteiger partial charge in [-0.25, -0.2) is 4.98 Å². The standard InChI is InChI=1S/C16H21N5/c1-5-16(3,4)14-7-12(13(8-17)15(18)20-14)11-9-19-21(6-2)10-11/h7,9-10H,5-6H2,1-4H3,(H2,18,20). The summed E-state index contributed by atoms with van der Waals surface area (Å²) in [5, 5.41) is 13.7. The molecular weight excluding hydrogens is 262 g/mol. The number of nitrogens with two attached hydrogens (primary N) is 1. The van der Waals surface area contributed by atoms with Gasteiger partial charge in [-0.2, -0.15) is 10.4 Å². The lowest BCUT2D eigenvalue weighted by molar-refractivity contribution is 0.491. The quantitative estimate of drug-likeness (QED) is 0.934. The van der Waals surface area contributed by atoms with Crippen molar-refractivity contribution in [2.75, 3.05) is 5.73 Å². The third-order valence-corrected chi connectivity index (χ3v) is 4.00. The third-order valence-electron chi connectivity index (χ3n) is 4.00. The minimum atomic E-state index is -0.0857. The smallest absolute Gasteiger partial charge is 0.142 e. The summed E-state index contributed by atoms with van der Waals surface area (Å²) in [6.07, 6.45) is 4.64. The summed E-state index contributed by atoms with van der Waals surface area (Å²) in [6, 6.07) is 4.13. The first-order valence-electron chi connectivity index (χ1n) is 7.16. The highest BCUT2D eigenvalue weighted by Gasteiger charge is 2.23. The Morgan fingerprint density at radius 2 is 2.10 bits per heavy atom. The van der Waals surface area contributed by atoms with E-state index in [1.165, 1.54) is 0 Å². The molecule has 21 heavy (non-hydrogen) atoms. The van der Waals surface area contributed by atoms with E-state index in [1.54, 1.807) is 6.20 Å². The van der Waals surface area contributed by atoms with E-state index < -0.39 is 0 Å². The summed E-state index contributed by atoms with van der Waals surface area (Å²) in [5.41, 5.74) is 8.94. The highest BCUT2D eigenvalue weighted by atomic mass is 15.3. The van der Waals surface area contributed by atoms with Crippen LogP contribution in [0.1, 0.15) is 45.4 Å². The van der Waals surface area contributed by atoms with Gasteiger partial charge in [0.15, 0.2) is 0 Å². The molecule has 0 saturated carbocycles. The maximum Gasteiger partial charge on any atom is 0.142 e. The van der Waals surface area contributed by atoms with Gasteiger partial charge in [-0.05, 0) is 19.4 Å². The number of hydrogen-bond donors (Lipinski definition) is 1. The number of nitrogens with zero attached hydrogens (tertiary/aromatic N) is 4. The van der Waals surface area contributed by atoms with Gasteiger partial charge in [-0.3, -0.25) is 4.68 Å². The van der Waals surface area contributed by atoms with E-state index in [-0.39, 0.29) is 11.2 Å². The van der Waals surface area contributed by atoms with Gasteiger partial charge < -0.3 is 5.73 Å². The van der Waals surface area contributed by atoms with Crippen LogP contribution in [0.3, 0.4) is 0 Å². The van der Waals surface area contributed by atoms with Gasteiger partial charge in [0.2, 0.25) is 0 Å². The van der Waals surface area contributed by atoms with Crippen LogP contribution in [0, 0.1) is 11.3 Å². The van der Waals surface area contributed by atoms with Gasteiger partial charge in [0.25, 0.3) is 0 Å². The van der Waals surface area contributed by atoms with Crippen LogP contribution in [-0.2, 0) is 12.0 Å². The van der Waals surface area contributed by atoms with Crippen LogP contribution in [0.2, 0.25) is 0 Å². The average Bonchev–Trinajstić information content (AvgIpc) is 2.95. The van der Waals surface area contributed by atoms with E-state index in [4.69, 9.17) is 5.73 Å². The summed E-state index contributed by atoms with van der Waals surface area (Å²) in [5.74, 6) is 0.288. The van der Waals surface area contributed by atoms with Gasteiger partial charge >= 0.3 is 0 Å². The number of hydrogen-bond acceptors (Lipinski definition) is 4. The molecule has 0 fully saturated rings. The molecule has 0 aliphatic carbocycles. The molecule has 0 aliphatic rings. The first-order valence-corrected chi connectivity index (χ1v) is 7.16. The number of rotatable bonds is 4. The molecule has 0 bridgehead atoms. The Labute approximate surface area is 125 Å². The highest BCUT2D eigenvalue weighted by Crippen LogP contribution is 2.33. The zero-order valence-electron chi connectivity index (χ0n) is 13.0. The van der Waals surface area contributed by atoms with Crippen LogP contribution in [-0.4, -0.2) is 14.8 Å². The molecule has 0 atom stereocenters. The lowest BCUT2D eigenvalue weighted by Crippen LogP contribution is -2.19. The number of aryl methyl sites for hydroxylation is 1.